The fourth-order valence-corrected chi connectivity index (χ4v) is 3.69. The number of hydrogen-bond donors (Lipinski definition) is 2. The molecule has 2 fully saturated rings. The lowest BCUT2D eigenvalue weighted by atomic mass is 9.99. The Bertz CT molecular complexity index is 380. The van der Waals surface area contributed by atoms with Crippen molar-refractivity contribution in [3.8, 4) is 0 Å². The zero-order valence-electron chi connectivity index (χ0n) is 13.7. The molecule has 2 N–H and O–H groups in total. The molecule has 2 amide bonds. The predicted octanol–water partition coefficient (Wildman–Crippen LogP) is 1.83. The lowest BCUT2D eigenvalue weighted by Gasteiger charge is -2.35. The van der Waals surface area contributed by atoms with Gasteiger partial charge in [-0.15, -0.1) is 0 Å². The second-order valence-electron chi connectivity index (χ2n) is 6.71. The van der Waals surface area contributed by atoms with E-state index in [0.29, 0.717) is 25.4 Å². The molecule has 1 saturated heterocycles. The number of aliphatic hydroxyl groups excluding tert-OH is 1. The van der Waals surface area contributed by atoms with Gasteiger partial charge < -0.3 is 15.3 Å². The molecular formula is C17H30N2O3. The summed E-state index contributed by atoms with van der Waals surface area (Å²) in [6.07, 6.45) is 8.04. The third-order valence-electron chi connectivity index (χ3n) is 5.02. The predicted molar refractivity (Wildman–Crippen MR) is 85.2 cm³/mol. The molecule has 0 spiro atoms. The van der Waals surface area contributed by atoms with Gasteiger partial charge in [-0.05, 0) is 44.4 Å². The molecule has 1 aliphatic carbocycles. The number of nitrogens with one attached hydrogen (secondary N) is 1. The minimum absolute atomic E-state index is 0.0821. The maximum Gasteiger partial charge on any atom is 0.242 e. The maximum atomic E-state index is 12.4. The van der Waals surface area contributed by atoms with Crippen LogP contribution in [0.15, 0.2) is 0 Å². The van der Waals surface area contributed by atoms with Crippen LogP contribution in [0, 0.1) is 5.92 Å². The van der Waals surface area contributed by atoms with Gasteiger partial charge in [-0.1, -0.05) is 19.8 Å². The highest BCUT2D eigenvalue weighted by molar-refractivity contribution is 5.87. The first kappa shape index (κ1) is 17.3. The van der Waals surface area contributed by atoms with Gasteiger partial charge in [0.2, 0.25) is 11.8 Å². The van der Waals surface area contributed by atoms with Crippen LogP contribution >= 0.6 is 0 Å². The molecule has 0 radical (unpaired) electrons. The monoisotopic (exact) mass is 310 g/mol. The zero-order chi connectivity index (χ0) is 15.9. The zero-order valence-corrected chi connectivity index (χ0v) is 13.7. The highest BCUT2D eigenvalue weighted by Crippen LogP contribution is 2.27. The van der Waals surface area contributed by atoms with Gasteiger partial charge in [-0.2, -0.15) is 0 Å². The van der Waals surface area contributed by atoms with Crippen molar-refractivity contribution in [2.24, 2.45) is 5.92 Å². The Kier molecular flexibility index (Phi) is 6.68. The minimum Gasteiger partial charge on any atom is -0.391 e. The molecule has 2 aliphatic rings. The average molecular weight is 310 g/mol. The Labute approximate surface area is 133 Å². The summed E-state index contributed by atoms with van der Waals surface area (Å²) in [5.74, 6) is 0.310. The maximum absolute atomic E-state index is 12.4. The van der Waals surface area contributed by atoms with E-state index < -0.39 is 6.10 Å². The lowest BCUT2D eigenvalue weighted by molar-refractivity contribution is -0.142. The second kappa shape index (κ2) is 8.51. The smallest absolute Gasteiger partial charge is 0.242 e. The van der Waals surface area contributed by atoms with Crippen molar-refractivity contribution in [1.29, 1.82) is 0 Å². The summed E-state index contributed by atoms with van der Waals surface area (Å²) in [6.45, 7) is 2.98. The van der Waals surface area contributed by atoms with Gasteiger partial charge in [0, 0.05) is 19.5 Å². The third-order valence-corrected chi connectivity index (χ3v) is 5.02. The Morgan fingerprint density at radius 1 is 1.18 bits per heavy atom. The number of aliphatic hydroxyl groups is 1. The van der Waals surface area contributed by atoms with Crippen molar-refractivity contribution in [2.75, 3.05) is 13.1 Å². The molecule has 2 atom stereocenters. The van der Waals surface area contributed by atoms with Crippen LogP contribution in [0.5, 0.6) is 0 Å². The number of nitrogens with zero attached hydrogens (tertiary/aromatic N) is 1. The largest absolute Gasteiger partial charge is 0.391 e. The molecule has 126 valence electrons. The van der Waals surface area contributed by atoms with E-state index in [9.17, 15) is 14.7 Å². The van der Waals surface area contributed by atoms with Crippen molar-refractivity contribution >= 4 is 11.8 Å². The fraction of sp³-hybridized carbons (Fsp3) is 0.882. The molecule has 0 aromatic carbocycles. The average Bonchev–Trinajstić information content (AvgIpc) is 3.07. The van der Waals surface area contributed by atoms with Gasteiger partial charge in [0.15, 0.2) is 0 Å². The van der Waals surface area contributed by atoms with Gasteiger partial charge >= 0.3 is 0 Å². The highest BCUT2D eigenvalue weighted by atomic mass is 16.3. The summed E-state index contributed by atoms with van der Waals surface area (Å²) in [4.78, 5) is 26.3. The molecule has 1 heterocycles. The van der Waals surface area contributed by atoms with Crippen LogP contribution in [0.2, 0.25) is 0 Å². The fourth-order valence-electron chi connectivity index (χ4n) is 3.69. The minimum atomic E-state index is -0.449. The Hall–Kier alpha value is -1.10. The van der Waals surface area contributed by atoms with Gasteiger partial charge in [-0.25, -0.2) is 0 Å². The number of rotatable bonds is 6. The molecule has 22 heavy (non-hydrogen) atoms. The first-order valence-electron chi connectivity index (χ1n) is 8.88. The molecule has 0 aromatic rings. The van der Waals surface area contributed by atoms with Gasteiger partial charge in [0.05, 0.1) is 6.10 Å². The molecule has 1 aliphatic heterocycles. The van der Waals surface area contributed by atoms with Crippen molar-refractivity contribution in [3.63, 3.8) is 0 Å². The second-order valence-corrected chi connectivity index (χ2v) is 6.71. The van der Waals surface area contributed by atoms with E-state index in [1.807, 2.05) is 6.92 Å². The van der Waals surface area contributed by atoms with Gasteiger partial charge in [-0.3, -0.25) is 9.59 Å². The van der Waals surface area contributed by atoms with Crippen LogP contribution in [-0.2, 0) is 9.59 Å². The number of amides is 2. The van der Waals surface area contributed by atoms with Crippen molar-refractivity contribution < 1.29 is 14.7 Å². The third kappa shape index (κ3) is 4.45. The Morgan fingerprint density at radius 2 is 1.86 bits per heavy atom. The molecular weight excluding hydrogens is 280 g/mol. The SMILES string of the molecule is CCCC(=O)N1CCCCC1C(=O)NCC(O)C1CCCC1. The number of carbonyl (C=O) groups excluding carboxylic acids is 2. The summed E-state index contributed by atoms with van der Waals surface area (Å²) in [5, 5.41) is 13.0. The first-order valence-corrected chi connectivity index (χ1v) is 8.88. The van der Waals surface area contributed by atoms with Crippen LogP contribution in [0.1, 0.15) is 64.7 Å². The molecule has 0 bridgehead atoms. The van der Waals surface area contributed by atoms with Crippen molar-refractivity contribution in [1.82, 2.24) is 10.2 Å². The Morgan fingerprint density at radius 3 is 2.55 bits per heavy atom. The van der Waals surface area contributed by atoms with Crippen molar-refractivity contribution in [2.45, 2.75) is 76.9 Å². The molecule has 1 saturated carbocycles. The number of likely N-dealkylation sites (tertiary alicyclic amines) is 1. The van der Waals surface area contributed by atoms with E-state index in [1.54, 1.807) is 4.90 Å². The normalized spacial score (nSPS) is 24.3. The molecule has 5 heteroatoms. The van der Waals surface area contributed by atoms with Gasteiger partial charge in [0.25, 0.3) is 0 Å². The summed E-state index contributed by atoms with van der Waals surface area (Å²) in [5.41, 5.74) is 0. The van der Waals surface area contributed by atoms with Crippen LogP contribution in [0.25, 0.3) is 0 Å². The molecule has 5 nitrogen and oxygen atoms in total. The van der Waals surface area contributed by atoms with E-state index in [2.05, 4.69) is 5.32 Å². The van der Waals surface area contributed by atoms with Gasteiger partial charge in [0.1, 0.15) is 6.04 Å². The quantitative estimate of drug-likeness (QED) is 0.786. The number of hydrogen-bond acceptors (Lipinski definition) is 3. The van der Waals surface area contributed by atoms with Crippen molar-refractivity contribution in [3.05, 3.63) is 0 Å². The summed E-state index contributed by atoms with van der Waals surface area (Å²) in [6, 6.07) is -0.344. The van der Waals surface area contributed by atoms with E-state index >= 15 is 0 Å². The van der Waals surface area contributed by atoms with E-state index in [1.165, 1.54) is 12.8 Å². The topological polar surface area (TPSA) is 69.6 Å². The lowest BCUT2D eigenvalue weighted by Crippen LogP contribution is -2.53. The van der Waals surface area contributed by atoms with Crippen LogP contribution in [0.4, 0.5) is 0 Å². The first-order chi connectivity index (χ1) is 10.6. The molecule has 2 unspecified atom stereocenters. The number of carbonyl (C=O) groups is 2. The number of piperidine rings is 1. The van der Waals surface area contributed by atoms with E-state index in [-0.39, 0.29) is 17.9 Å². The van der Waals surface area contributed by atoms with Crippen LogP contribution < -0.4 is 5.32 Å². The standard InChI is InChI=1S/C17H30N2O3/c1-2-7-16(21)19-11-6-5-10-14(19)17(22)18-12-15(20)13-8-3-4-9-13/h13-15,20H,2-12H2,1H3,(H,18,22). The Balaban J connectivity index is 1.84. The summed E-state index contributed by atoms with van der Waals surface area (Å²) < 4.78 is 0. The van der Waals surface area contributed by atoms with Crippen LogP contribution in [-0.4, -0.2) is 47.1 Å². The van der Waals surface area contributed by atoms with E-state index in [0.717, 1.165) is 38.5 Å². The summed E-state index contributed by atoms with van der Waals surface area (Å²) in [7, 11) is 0. The van der Waals surface area contributed by atoms with E-state index in [4.69, 9.17) is 0 Å². The summed E-state index contributed by atoms with van der Waals surface area (Å²) >= 11 is 0. The molecule has 0 aromatic heterocycles. The van der Waals surface area contributed by atoms with Crippen LogP contribution in [0.3, 0.4) is 0 Å². The highest BCUT2D eigenvalue weighted by Gasteiger charge is 2.32. The molecule has 2 rings (SSSR count).